The van der Waals surface area contributed by atoms with Gasteiger partial charge in [0.1, 0.15) is 6.10 Å². The van der Waals surface area contributed by atoms with E-state index in [1.54, 1.807) is 0 Å². The monoisotopic (exact) mass is 388 g/mol. The molecule has 1 rings (SSSR count). The summed E-state index contributed by atoms with van der Waals surface area (Å²) in [5.74, 6) is -2.61. The molecule has 0 aromatic carbocycles. The quantitative estimate of drug-likeness (QED) is 0.348. The number of carbonyl (C=O) groups excluding carboxylic acids is 4. The summed E-state index contributed by atoms with van der Waals surface area (Å²) in [5.41, 5.74) is 0. The summed E-state index contributed by atoms with van der Waals surface area (Å²) in [4.78, 5) is 46.2. The predicted octanol–water partition coefficient (Wildman–Crippen LogP) is 1.65. The van der Waals surface area contributed by atoms with Gasteiger partial charge in [0.2, 0.25) is 12.4 Å². The Morgan fingerprint density at radius 3 is 1.67 bits per heavy atom. The Labute approximate surface area is 158 Å². The Balaban J connectivity index is 3.23. The zero-order valence-corrected chi connectivity index (χ0v) is 16.4. The number of esters is 4. The third-order valence-electron chi connectivity index (χ3n) is 3.87. The van der Waals surface area contributed by atoms with E-state index < -0.39 is 54.6 Å². The molecule has 154 valence electrons. The maximum absolute atomic E-state index is 11.6. The highest BCUT2D eigenvalue weighted by Crippen LogP contribution is 2.31. The summed E-state index contributed by atoms with van der Waals surface area (Å²) in [6.45, 7) is 6.76. The third-order valence-corrected chi connectivity index (χ3v) is 3.87. The van der Waals surface area contributed by atoms with E-state index in [-0.39, 0.29) is 0 Å². The first-order valence-electron chi connectivity index (χ1n) is 9.00. The Hall–Kier alpha value is -2.16. The lowest BCUT2D eigenvalue weighted by atomic mass is 9.94. The summed E-state index contributed by atoms with van der Waals surface area (Å²) < 4.78 is 26.8. The van der Waals surface area contributed by atoms with Crippen LogP contribution in [-0.2, 0) is 42.9 Å². The standard InChI is InChI=1S/C18H28O9/c1-6-7-8-9-14-15(23-10(2)19)16(24-11(3)20)17(25-12(4)21)18(27-14)26-13(5)22/h14-18H,6-9H2,1-5H3/t14-,15+,16+,17-,18?/m0/s1. The summed E-state index contributed by atoms with van der Waals surface area (Å²) in [5, 5.41) is 0. The number of unbranched alkanes of at least 4 members (excludes halogenated alkanes) is 2. The fourth-order valence-corrected chi connectivity index (χ4v) is 2.94. The number of hydrogen-bond donors (Lipinski definition) is 0. The lowest BCUT2D eigenvalue weighted by Gasteiger charge is -2.44. The van der Waals surface area contributed by atoms with E-state index in [9.17, 15) is 19.2 Å². The fourth-order valence-electron chi connectivity index (χ4n) is 2.94. The molecule has 0 radical (unpaired) electrons. The van der Waals surface area contributed by atoms with Crippen LogP contribution in [0.3, 0.4) is 0 Å². The molecule has 0 aromatic heterocycles. The van der Waals surface area contributed by atoms with Crippen molar-refractivity contribution < 1.29 is 42.9 Å². The minimum absolute atomic E-state index is 0.480. The Kier molecular flexibility index (Phi) is 9.20. The highest BCUT2D eigenvalue weighted by molar-refractivity contribution is 5.69. The van der Waals surface area contributed by atoms with Crippen LogP contribution in [0.25, 0.3) is 0 Å². The topological polar surface area (TPSA) is 114 Å². The van der Waals surface area contributed by atoms with Crippen molar-refractivity contribution in [3.8, 4) is 0 Å². The van der Waals surface area contributed by atoms with Gasteiger partial charge in [-0.1, -0.05) is 26.2 Å². The maximum Gasteiger partial charge on any atom is 0.305 e. The van der Waals surface area contributed by atoms with E-state index >= 15 is 0 Å². The van der Waals surface area contributed by atoms with Gasteiger partial charge in [-0.15, -0.1) is 0 Å². The van der Waals surface area contributed by atoms with Crippen LogP contribution in [0, 0.1) is 0 Å². The van der Waals surface area contributed by atoms with Crippen molar-refractivity contribution in [2.24, 2.45) is 0 Å². The van der Waals surface area contributed by atoms with Gasteiger partial charge in [0, 0.05) is 27.7 Å². The highest BCUT2D eigenvalue weighted by atomic mass is 16.7. The largest absolute Gasteiger partial charge is 0.456 e. The van der Waals surface area contributed by atoms with Gasteiger partial charge in [0.05, 0.1) is 0 Å². The average Bonchev–Trinajstić information content (AvgIpc) is 2.52. The van der Waals surface area contributed by atoms with E-state index in [1.165, 1.54) is 20.8 Å². The molecule has 27 heavy (non-hydrogen) atoms. The number of ether oxygens (including phenoxy) is 5. The summed E-state index contributed by atoms with van der Waals surface area (Å²) in [6.07, 6.45) is -2.29. The Morgan fingerprint density at radius 2 is 1.19 bits per heavy atom. The molecule has 5 atom stereocenters. The summed E-state index contributed by atoms with van der Waals surface area (Å²) in [6, 6.07) is 0. The minimum Gasteiger partial charge on any atom is -0.456 e. The van der Waals surface area contributed by atoms with Gasteiger partial charge in [-0.05, 0) is 6.42 Å². The Bertz CT molecular complexity index is 545. The molecule has 0 amide bonds. The molecule has 0 spiro atoms. The molecule has 1 aliphatic heterocycles. The second kappa shape index (κ2) is 10.9. The minimum atomic E-state index is -1.28. The van der Waals surface area contributed by atoms with Crippen LogP contribution < -0.4 is 0 Å². The lowest BCUT2D eigenvalue weighted by molar-refractivity contribution is -0.296. The van der Waals surface area contributed by atoms with E-state index in [4.69, 9.17) is 23.7 Å². The molecule has 9 nitrogen and oxygen atoms in total. The van der Waals surface area contributed by atoms with Gasteiger partial charge in [0.15, 0.2) is 12.2 Å². The number of hydrogen-bond acceptors (Lipinski definition) is 9. The molecular formula is C18H28O9. The SMILES string of the molecule is CCCCC[C@@H]1OC(OC(C)=O)[C@@H](OC(C)=O)[C@H](OC(C)=O)[C@@H]1OC(C)=O. The summed E-state index contributed by atoms with van der Waals surface area (Å²) >= 11 is 0. The van der Waals surface area contributed by atoms with E-state index in [0.717, 1.165) is 26.2 Å². The first-order valence-corrected chi connectivity index (χ1v) is 9.00. The molecule has 1 heterocycles. The Morgan fingerprint density at radius 1 is 0.704 bits per heavy atom. The first kappa shape index (κ1) is 22.9. The van der Waals surface area contributed by atoms with Crippen LogP contribution in [0.5, 0.6) is 0 Å². The molecule has 9 heteroatoms. The van der Waals surface area contributed by atoms with Crippen LogP contribution >= 0.6 is 0 Å². The van der Waals surface area contributed by atoms with Crippen molar-refractivity contribution >= 4 is 23.9 Å². The van der Waals surface area contributed by atoms with Crippen molar-refractivity contribution in [2.75, 3.05) is 0 Å². The van der Waals surface area contributed by atoms with E-state index in [0.29, 0.717) is 6.42 Å². The van der Waals surface area contributed by atoms with Gasteiger partial charge in [0.25, 0.3) is 0 Å². The molecule has 0 N–H and O–H groups in total. The number of carbonyl (C=O) groups is 4. The highest BCUT2D eigenvalue weighted by Gasteiger charge is 2.52. The normalized spacial score (nSPS) is 27.4. The zero-order chi connectivity index (χ0) is 20.6. The molecule has 1 fully saturated rings. The molecule has 0 bridgehead atoms. The zero-order valence-electron chi connectivity index (χ0n) is 16.4. The third kappa shape index (κ3) is 7.54. The van der Waals surface area contributed by atoms with Crippen molar-refractivity contribution in [2.45, 2.75) is 91.0 Å². The fraction of sp³-hybridized carbons (Fsp3) is 0.778. The average molecular weight is 388 g/mol. The number of rotatable bonds is 8. The van der Waals surface area contributed by atoms with Crippen molar-refractivity contribution in [3.63, 3.8) is 0 Å². The lowest BCUT2D eigenvalue weighted by Crippen LogP contribution is -2.62. The molecule has 0 aliphatic carbocycles. The van der Waals surface area contributed by atoms with Crippen LogP contribution in [0.15, 0.2) is 0 Å². The molecule has 1 saturated heterocycles. The first-order chi connectivity index (χ1) is 12.6. The molecule has 1 aliphatic rings. The predicted molar refractivity (Wildman–Crippen MR) is 91.2 cm³/mol. The van der Waals surface area contributed by atoms with Crippen LogP contribution in [-0.4, -0.2) is 54.6 Å². The van der Waals surface area contributed by atoms with Crippen molar-refractivity contribution in [1.82, 2.24) is 0 Å². The van der Waals surface area contributed by atoms with E-state index in [2.05, 4.69) is 0 Å². The van der Waals surface area contributed by atoms with E-state index in [1.807, 2.05) is 6.92 Å². The second-order valence-electron chi connectivity index (χ2n) is 6.37. The smallest absolute Gasteiger partial charge is 0.305 e. The molecular weight excluding hydrogens is 360 g/mol. The van der Waals surface area contributed by atoms with Crippen molar-refractivity contribution in [3.05, 3.63) is 0 Å². The van der Waals surface area contributed by atoms with Gasteiger partial charge < -0.3 is 23.7 Å². The van der Waals surface area contributed by atoms with Crippen molar-refractivity contribution in [1.29, 1.82) is 0 Å². The second-order valence-corrected chi connectivity index (χ2v) is 6.37. The molecule has 0 aromatic rings. The van der Waals surface area contributed by atoms with Gasteiger partial charge in [-0.2, -0.15) is 0 Å². The van der Waals surface area contributed by atoms with Crippen LogP contribution in [0.1, 0.15) is 60.3 Å². The van der Waals surface area contributed by atoms with Gasteiger partial charge in [-0.25, -0.2) is 0 Å². The summed E-state index contributed by atoms with van der Waals surface area (Å²) in [7, 11) is 0. The van der Waals surface area contributed by atoms with Gasteiger partial charge in [-0.3, -0.25) is 19.2 Å². The molecule has 1 unspecified atom stereocenters. The molecule has 0 saturated carbocycles. The van der Waals surface area contributed by atoms with Gasteiger partial charge >= 0.3 is 23.9 Å². The van der Waals surface area contributed by atoms with Crippen LogP contribution in [0.2, 0.25) is 0 Å². The maximum atomic E-state index is 11.6. The van der Waals surface area contributed by atoms with Crippen LogP contribution in [0.4, 0.5) is 0 Å².